The molecule has 1 aromatic rings. The van der Waals surface area contributed by atoms with Gasteiger partial charge in [0, 0.05) is 37.2 Å². The number of carbonyl (C=O) groups is 1. The highest BCUT2D eigenvalue weighted by atomic mass is 16.1. The third-order valence-corrected chi connectivity index (χ3v) is 3.06. The first-order valence-electron chi connectivity index (χ1n) is 6.09. The Hall–Kier alpha value is -1.75. The van der Waals surface area contributed by atoms with Crippen molar-refractivity contribution in [2.24, 2.45) is 0 Å². The zero-order valence-electron chi connectivity index (χ0n) is 10.2. The number of benzene rings is 1. The highest BCUT2D eigenvalue weighted by molar-refractivity contribution is 6.01. The van der Waals surface area contributed by atoms with Crippen LogP contribution in [0.15, 0.2) is 24.3 Å². The standard InChI is InChI=1S/C15H17NO/c1-2-3-6-11-16-12-7-10-15(17)13-8-4-5-9-14(13)16/h4-5,8-9H,6-7,10-12H2,1H3. The summed E-state index contributed by atoms with van der Waals surface area (Å²) in [4.78, 5) is 14.2. The van der Waals surface area contributed by atoms with E-state index in [1.807, 2.05) is 31.2 Å². The SMILES string of the molecule is CC#CCCN1CCCC(=O)c2ccccc21. The van der Waals surface area contributed by atoms with Crippen LogP contribution in [0, 0.1) is 11.8 Å². The van der Waals surface area contributed by atoms with E-state index < -0.39 is 0 Å². The molecule has 1 aliphatic heterocycles. The van der Waals surface area contributed by atoms with Crippen molar-refractivity contribution in [2.45, 2.75) is 26.2 Å². The van der Waals surface area contributed by atoms with Gasteiger partial charge in [0.05, 0.1) is 0 Å². The molecule has 0 atom stereocenters. The van der Waals surface area contributed by atoms with Gasteiger partial charge in [0.25, 0.3) is 0 Å². The number of Topliss-reactive ketones (excluding diaryl/α,β-unsaturated/α-hetero) is 1. The summed E-state index contributed by atoms with van der Waals surface area (Å²) in [5.74, 6) is 6.26. The minimum Gasteiger partial charge on any atom is -0.370 e. The normalized spacial score (nSPS) is 14.6. The maximum atomic E-state index is 11.9. The van der Waals surface area contributed by atoms with Crippen LogP contribution < -0.4 is 4.90 Å². The molecule has 0 N–H and O–H groups in total. The van der Waals surface area contributed by atoms with Gasteiger partial charge in [-0.2, -0.15) is 0 Å². The molecule has 0 aromatic heterocycles. The Morgan fingerprint density at radius 1 is 1.35 bits per heavy atom. The molecule has 0 spiro atoms. The zero-order valence-corrected chi connectivity index (χ0v) is 10.2. The number of carbonyl (C=O) groups excluding carboxylic acids is 1. The molecule has 0 amide bonds. The molecule has 0 fully saturated rings. The quantitative estimate of drug-likeness (QED) is 0.724. The van der Waals surface area contributed by atoms with Crippen LogP contribution >= 0.6 is 0 Å². The van der Waals surface area contributed by atoms with Gasteiger partial charge >= 0.3 is 0 Å². The third-order valence-electron chi connectivity index (χ3n) is 3.06. The summed E-state index contributed by atoms with van der Waals surface area (Å²) in [6.45, 7) is 3.72. The van der Waals surface area contributed by atoms with Crippen LogP contribution in [-0.4, -0.2) is 18.9 Å². The van der Waals surface area contributed by atoms with Crippen molar-refractivity contribution in [3.8, 4) is 11.8 Å². The van der Waals surface area contributed by atoms with E-state index in [1.54, 1.807) is 0 Å². The van der Waals surface area contributed by atoms with Crippen molar-refractivity contribution in [1.82, 2.24) is 0 Å². The molecular weight excluding hydrogens is 210 g/mol. The summed E-state index contributed by atoms with van der Waals surface area (Å²) in [6, 6.07) is 7.90. The Kier molecular flexibility index (Phi) is 3.82. The van der Waals surface area contributed by atoms with Crippen molar-refractivity contribution in [3.63, 3.8) is 0 Å². The van der Waals surface area contributed by atoms with Gasteiger partial charge in [0.15, 0.2) is 5.78 Å². The number of hydrogen-bond acceptors (Lipinski definition) is 2. The Bertz CT molecular complexity index is 467. The average Bonchev–Trinajstić information content (AvgIpc) is 2.51. The van der Waals surface area contributed by atoms with E-state index in [9.17, 15) is 4.79 Å². The van der Waals surface area contributed by atoms with E-state index in [4.69, 9.17) is 0 Å². The first-order valence-corrected chi connectivity index (χ1v) is 6.09. The Labute approximate surface area is 103 Å². The third kappa shape index (κ3) is 2.68. The van der Waals surface area contributed by atoms with Crippen LogP contribution in [0.4, 0.5) is 5.69 Å². The fourth-order valence-electron chi connectivity index (χ4n) is 2.22. The Morgan fingerprint density at radius 2 is 2.18 bits per heavy atom. The number of anilines is 1. The molecule has 0 saturated heterocycles. The smallest absolute Gasteiger partial charge is 0.165 e. The predicted octanol–water partition coefficient (Wildman–Crippen LogP) is 2.88. The van der Waals surface area contributed by atoms with Gasteiger partial charge in [-0.15, -0.1) is 11.8 Å². The summed E-state index contributed by atoms with van der Waals surface area (Å²) < 4.78 is 0. The van der Waals surface area contributed by atoms with Gasteiger partial charge in [0.2, 0.25) is 0 Å². The molecule has 2 nitrogen and oxygen atoms in total. The van der Waals surface area contributed by atoms with Crippen LogP contribution in [0.3, 0.4) is 0 Å². The molecule has 0 radical (unpaired) electrons. The van der Waals surface area contributed by atoms with Crippen molar-refractivity contribution in [3.05, 3.63) is 29.8 Å². The Morgan fingerprint density at radius 3 is 3.00 bits per heavy atom. The predicted molar refractivity (Wildman–Crippen MR) is 70.3 cm³/mol. The molecule has 88 valence electrons. The fourth-order valence-corrected chi connectivity index (χ4v) is 2.22. The fraction of sp³-hybridized carbons (Fsp3) is 0.400. The number of rotatable bonds is 2. The molecule has 2 rings (SSSR count). The molecular formula is C15H17NO. The summed E-state index contributed by atoms with van der Waals surface area (Å²) in [6.07, 6.45) is 2.46. The molecule has 0 aliphatic carbocycles. The van der Waals surface area contributed by atoms with Gasteiger partial charge in [-0.3, -0.25) is 4.79 Å². The van der Waals surface area contributed by atoms with E-state index in [1.165, 1.54) is 0 Å². The number of ketones is 1. The van der Waals surface area contributed by atoms with Gasteiger partial charge in [-0.25, -0.2) is 0 Å². The average molecular weight is 227 g/mol. The summed E-state index contributed by atoms with van der Waals surface area (Å²) in [5.41, 5.74) is 1.95. The van der Waals surface area contributed by atoms with Crippen molar-refractivity contribution >= 4 is 11.5 Å². The maximum absolute atomic E-state index is 11.9. The van der Waals surface area contributed by atoms with Gasteiger partial charge in [-0.05, 0) is 25.5 Å². The van der Waals surface area contributed by atoms with Gasteiger partial charge in [0.1, 0.15) is 0 Å². The Balaban J connectivity index is 2.24. The first-order chi connectivity index (χ1) is 8.33. The van der Waals surface area contributed by atoms with Gasteiger partial charge in [-0.1, -0.05) is 12.1 Å². The van der Waals surface area contributed by atoms with Crippen LogP contribution in [-0.2, 0) is 0 Å². The number of nitrogens with zero attached hydrogens (tertiary/aromatic N) is 1. The van der Waals surface area contributed by atoms with Crippen molar-refractivity contribution < 1.29 is 4.79 Å². The summed E-state index contributed by atoms with van der Waals surface area (Å²) in [7, 11) is 0. The largest absolute Gasteiger partial charge is 0.370 e. The summed E-state index contributed by atoms with van der Waals surface area (Å²) in [5, 5.41) is 0. The van der Waals surface area contributed by atoms with Crippen LogP contribution in [0.5, 0.6) is 0 Å². The molecule has 1 aliphatic rings. The number of para-hydroxylation sites is 1. The molecule has 0 saturated carbocycles. The molecule has 1 heterocycles. The first kappa shape index (κ1) is 11.7. The van der Waals surface area contributed by atoms with Crippen LogP contribution in [0.2, 0.25) is 0 Å². The van der Waals surface area contributed by atoms with Crippen molar-refractivity contribution in [2.75, 3.05) is 18.0 Å². The number of fused-ring (bicyclic) bond motifs is 1. The van der Waals surface area contributed by atoms with E-state index in [-0.39, 0.29) is 5.78 Å². The second-order valence-corrected chi connectivity index (χ2v) is 4.21. The maximum Gasteiger partial charge on any atom is 0.165 e. The van der Waals surface area contributed by atoms with Gasteiger partial charge < -0.3 is 4.90 Å². The number of hydrogen-bond donors (Lipinski definition) is 0. The molecule has 17 heavy (non-hydrogen) atoms. The highest BCUT2D eigenvalue weighted by Gasteiger charge is 2.19. The van der Waals surface area contributed by atoms with E-state index in [0.717, 1.165) is 37.2 Å². The topological polar surface area (TPSA) is 20.3 Å². The second kappa shape index (κ2) is 5.54. The minimum absolute atomic E-state index is 0.268. The lowest BCUT2D eigenvalue weighted by Crippen LogP contribution is -2.25. The second-order valence-electron chi connectivity index (χ2n) is 4.21. The van der Waals surface area contributed by atoms with Crippen LogP contribution in [0.25, 0.3) is 0 Å². The summed E-state index contributed by atoms with van der Waals surface area (Å²) >= 11 is 0. The van der Waals surface area contributed by atoms with E-state index >= 15 is 0 Å². The molecule has 0 unspecified atom stereocenters. The zero-order chi connectivity index (χ0) is 12.1. The van der Waals surface area contributed by atoms with Crippen molar-refractivity contribution in [1.29, 1.82) is 0 Å². The molecule has 0 bridgehead atoms. The van der Waals surface area contributed by atoms with E-state index in [2.05, 4.69) is 16.7 Å². The highest BCUT2D eigenvalue weighted by Crippen LogP contribution is 2.25. The molecule has 1 aromatic carbocycles. The lowest BCUT2D eigenvalue weighted by molar-refractivity contribution is 0.0984. The lowest BCUT2D eigenvalue weighted by atomic mass is 10.1. The van der Waals surface area contributed by atoms with Crippen LogP contribution in [0.1, 0.15) is 36.5 Å². The molecule has 2 heteroatoms. The minimum atomic E-state index is 0.268. The monoisotopic (exact) mass is 227 g/mol. The van der Waals surface area contributed by atoms with E-state index in [0.29, 0.717) is 6.42 Å². The lowest BCUT2D eigenvalue weighted by Gasteiger charge is -2.23.